The third-order valence-corrected chi connectivity index (χ3v) is 3.54. The molecule has 100 valence electrons. The van der Waals surface area contributed by atoms with Gasteiger partial charge in [0.15, 0.2) is 16.2 Å². The van der Waals surface area contributed by atoms with Crippen molar-refractivity contribution in [2.24, 2.45) is 0 Å². The van der Waals surface area contributed by atoms with Crippen molar-refractivity contribution < 1.29 is 18.7 Å². The molecule has 0 radical (unpaired) electrons. The summed E-state index contributed by atoms with van der Waals surface area (Å²) in [5.41, 5.74) is 0.573. The van der Waals surface area contributed by atoms with Crippen LogP contribution >= 0.6 is 11.3 Å². The van der Waals surface area contributed by atoms with Crippen molar-refractivity contribution in [2.75, 3.05) is 5.32 Å². The van der Waals surface area contributed by atoms with Crippen molar-refractivity contribution in [1.82, 2.24) is 4.98 Å². The maximum atomic E-state index is 11.9. The number of anilines is 1. The molecular formula is C11H10N2O4S2. The summed E-state index contributed by atoms with van der Waals surface area (Å²) >= 11 is -0.814. The quantitative estimate of drug-likeness (QED) is 0.748. The topological polar surface area (TPSA) is 99.5 Å². The number of carbonyl (C=O) groups excluding carboxylic acids is 1. The molecular weight excluding hydrogens is 288 g/mol. The number of para-hydroxylation sites is 1. The second-order valence-electron chi connectivity index (χ2n) is 3.58. The molecule has 6 nitrogen and oxygen atoms in total. The molecule has 1 unspecified atom stereocenters. The molecule has 19 heavy (non-hydrogen) atoms. The third-order valence-electron chi connectivity index (χ3n) is 2.19. The van der Waals surface area contributed by atoms with E-state index < -0.39 is 17.0 Å². The van der Waals surface area contributed by atoms with Crippen LogP contribution in [0.25, 0.3) is 0 Å². The summed E-state index contributed by atoms with van der Waals surface area (Å²) in [4.78, 5) is 15.8. The van der Waals surface area contributed by atoms with Gasteiger partial charge in [-0.15, -0.1) is 11.3 Å². The Balaban J connectivity index is 2.09. The van der Waals surface area contributed by atoms with Gasteiger partial charge in [-0.1, -0.05) is 12.1 Å². The highest BCUT2D eigenvalue weighted by atomic mass is 32.2. The smallest absolute Gasteiger partial charge is 0.261 e. The van der Waals surface area contributed by atoms with Gasteiger partial charge in [-0.25, -0.2) is 9.19 Å². The Morgan fingerprint density at radius 2 is 2.16 bits per heavy atom. The van der Waals surface area contributed by atoms with E-state index in [9.17, 15) is 14.1 Å². The van der Waals surface area contributed by atoms with Crippen molar-refractivity contribution >= 4 is 33.5 Å². The van der Waals surface area contributed by atoms with Crippen LogP contribution in [-0.4, -0.2) is 24.8 Å². The van der Waals surface area contributed by atoms with Crippen LogP contribution in [0.1, 0.15) is 16.1 Å². The van der Waals surface area contributed by atoms with Gasteiger partial charge in [0, 0.05) is 5.38 Å². The Bertz CT molecular complexity index is 627. The lowest BCUT2D eigenvalue weighted by molar-refractivity contribution is 0.102. The van der Waals surface area contributed by atoms with Crippen molar-refractivity contribution in [2.45, 2.75) is 5.75 Å². The molecule has 3 N–H and O–H groups in total. The number of rotatable bonds is 4. The van der Waals surface area contributed by atoms with Gasteiger partial charge in [0.2, 0.25) is 0 Å². The molecule has 0 aliphatic carbocycles. The maximum Gasteiger partial charge on any atom is 0.261 e. The number of nitrogens with one attached hydrogen (secondary N) is 1. The van der Waals surface area contributed by atoms with Gasteiger partial charge < -0.3 is 9.66 Å². The Hall–Kier alpha value is -1.77. The average Bonchev–Trinajstić information content (AvgIpc) is 2.76. The Labute approximate surface area is 115 Å². The minimum atomic E-state index is -1.96. The van der Waals surface area contributed by atoms with Crippen molar-refractivity contribution in [1.29, 1.82) is 0 Å². The number of thiazole rings is 1. The predicted octanol–water partition coefficient (Wildman–Crippen LogP) is 1.82. The third kappa shape index (κ3) is 3.60. The first-order valence-corrected chi connectivity index (χ1v) is 7.33. The summed E-state index contributed by atoms with van der Waals surface area (Å²) in [7, 11) is 0. The van der Waals surface area contributed by atoms with Crippen molar-refractivity contribution in [3.8, 4) is 5.75 Å². The largest absolute Gasteiger partial charge is 0.507 e. The van der Waals surface area contributed by atoms with Gasteiger partial charge >= 0.3 is 0 Å². The first-order valence-electron chi connectivity index (χ1n) is 5.17. The minimum Gasteiger partial charge on any atom is -0.507 e. The van der Waals surface area contributed by atoms with E-state index in [-0.39, 0.29) is 17.1 Å². The summed E-state index contributed by atoms with van der Waals surface area (Å²) in [5, 5.41) is 14.0. The summed E-state index contributed by atoms with van der Waals surface area (Å²) in [6, 6.07) is 6.15. The molecule has 1 amide bonds. The second kappa shape index (κ2) is 5.91. The number of phenols is 1. The normalized spacial score (nSPS) is 12.1. The molecule has 2 rings (SSSR count). The van der Waals surface area contributed by atoms with Crippen LogP contribution in [0.4, 0.5) is 5.13 Å². The predicted molar refractivity (Wildman–Crippen MR) is 72.6 cm³/mol. The molecule has 0 aliphatic heterocycles. The van der Waals surface area contributed by atoms with E-state index in [0.717, 1.165) is 11.3 Å². The van der Waals surface area contributed by atoms with Gasteiger partial charge in [-0.3, -0.25) is 10.1 Å². The number of carbonyl (C=O) groups is 1. The lowest BCUT2D eigenvalue weighted by atomic mass is 10.2. The number of hydrogen-bond donors (Lipinski definition) is 3. The zero-order chi connectivity index (χ0) is 13.8. The van der Waals surface area contributed by atoms with Crippen LogP contribution in [0.3, 0.4) is 0 Å². The number of phenolic OH excluding ortho intramolecular Hbond substituents is 1. The molecule has 2 aromatic rings. The van der Waals surface area contributed by atoms with Crippen LogP contribution in [-0.2, 0) is 16.8 Å². The number of nitrogens with zero attached hydrogens (tertiary/aromatic N) is 1. The maximum absolute atomic E-state index is 11.9. The number of aromatic nitrogens is 1. The summed E-state index contributed by atoms with van der Waals surface area (Å²) in [5.74, 6) is -0.680. The van der Waals surface area contributed by atoms with E-state index in [0.29, 0.717) is 10.8 Å². The lowest BCUT2D eigenvalue weighted by Gasteiger charge is -2.03. The van der Waals surface area contributed by atoms with Crippen molar-refractivity contribution in [3.05, 3.63) is 40.9 Å². The molecule has 1 aromatic heterocycles. The molecule has 1 heterocycles. The molecule has 0 aliphatic rings. The first-order chi connectivity index (χ1) is 9.06. The first kappa shape index (κ1) is 13.7. The Morgan fingerprint density at radius 3 is 2.84 bits per heavy atom. The van der Waals surface area contributed by atoms with E-state index in [4.69, 9.17) is 4.55 Å². The highest BCUT2D eigenvalue weighted by Crippen LogP contribution is 2.20. The molecule has 1 atom stereocenters. The fourth-order valence-electron chi connectivity index (χ4n) is 1.39. The van der Waals surface area contributed by atoms with E-state index in [2.05, 4.69) is 10.3 Å². The van der Waals surface area contributed by atoms with E-state index in [1.54, 1.807) is 17.5 Å². The molecule has 0 bridgehead atoms. The standard InChI is InChI=1S/C11H10N2O4S2/c14-9-4-2-1-3-8(9)10(15)13-11-12-7(5-18-11)6-19(16)17/h1-5,14H,6H2,(H,16,17)(H,12,13,15). The monoisotopic (exact) mass is 298 g/mol. The second-order valence-corrected chi connectivity index (χ2v) is 5.37. The zero-order valence-corrected chi connectivity index (χ0v) is 11.2. The Morgan fingerprint density at radius 1 is 1.42 bits per heavy atom. The molecule has 1 aromatic carbocycles. The summed E-state index contributed by atoms with van der Waals surface area (Å²) in [6.07, 6.45) is 0. The number of aromatic hydroxyl groups is 1. The molecule has 8 heteroatoms. The van der Waals surface area contributed by atoms with Crippen LogP contribution in [0.2, 0.25) is 0 Å². The molecule has 0 fully saturated rings. The number of hydrogen-bond acceptors (Lipinski definition) is 5. The minimum absolute atomic E-state index is 0.0804. The summed E-state index contributed by atoms with van der Waals surface area (Å²) < 4.78 is 19.3. The van der Waals surface area contributed by atoms with E-state index in [1.165, 1.54) is 12.1 Å². The van der Waals surface area contributed by atoms with Crippen LogP contribution < -0.4 is 5.32 Å². The van der Waals surface area contributed by atoms with Gasteiger partial charge in [0.1, 0.15) is 5.75 Å². The van der Waals surface area contributed by atoms with E-state index >= 15 is 0 Å². The summed E-state index contributed by atoms with van der Waals surface area (Å²) in [6.45, 7) is 0. The number of benzene rings is 1. The van der Waals surface area contributed by atoms with Gasteiger partial charge in [0.05, 0.1) is 17.0 Å². The van der Waals surface area contributed by atoms with Crippen LogP contribution in [0.5, 0.6) is 5.75 Å². The van der Waals surface area contributed by atoms with E-state index in [1.807, 2.05) is 0 Å². The number of amides is 1. The highest BCUT2D eigenvalue weighted by molar-refractivity contribution is 7.78. The highest BCUT2D eigenvalue weighted by Gasteiger charge is 2.12. The van der Waals surface area contributed by atoms with Crippen LogP contribution in [0.15, 0.2) is 29.6 Å². The fraction of sp³-hybridized carbons (Fsp3) is 0.0909. The van der Waals surface area contributed by atoms with Gasteiger partial charge in [-0.05, 0) is 12.1 Å². The molecule has 0 spiro atoms. The SMILES string of the molecule is O=C(Nc1nc(CS(=O)O)cs1)c1ccccc1O. The lowest BCUT2D eigenvalue weighted by Crippen LogP contribution is -2.11. The van der Waals surface area contributed by atoms with Gasteiger partial charge in [0.25, 0.3) is 5.91 Å². The van der Waals surface area contributed by atoms with Crippen LogP contribution in [0, 0.1) is 0 Å². The Kier molecular flexibility index (Phi) is 4.25. The van der Waals surface area contributed by atoms with Crippen molar-refractivity contribution in [3.63, 3.8) is 0 Å². The molecule has 0 saturated heterocycles. The molecule has 0 saturated carbocycles. The van der Waals surface area contributed by atoms with Gasteiger partial charge in [-0.2, -0.15) is 0 Å². The average molecular weight is 298 g/mol. The fourth-order valence-corrected chi connectivity index (χ4v) is 2.60. The zero-order valence-electron chi connectivity index (χ0n) is 9.57.